The van der Waals surface area contributed by atoms with Crippen molar-refractivity contribution in [2.75, 3.05) is 0 Å². The summed E-state index contributed by atoms with van der Waals surface area (Å²) >= 11 is 0. The lowest BCUT2D eigenvalue weighted by Crippen LogP contribution is -1.97. The lowest BCUT2D eigenvalue weighted by Gasteiger charge is -1.91. The second-order valence-electron chi connectivity index (χ2n) is 4.38. The van der Waals surface area contributed by atoms with Crippen LogP contribution in [0.2, 0.25) is 0 Å². The molecule has 4 nitrogen and oxygen atoms in total. The van der Waals surface area contributed by atoms with Gasteiger partial charge in [-0.25, -0.2) is 0 Å². The first kappa shape index (κ1) is 10.8. The Balaban J connectivity index is 2.06. The number of carbonyl (C=O) groups excluding carboxylic acids is 1. The molecule has 0 aliphatic carbocycles. The fourth-order valence-corrected chi connectivity index (χ4v) is 1.96. The summed E-state index contributed by atoms with van der Waals surface area (Å²) in [5.74, 6) is 0.209. The molecule has 3 rings (SSSR count). The summed E-state index contributed by atoms with van der Waals surface area (Å²) < 4.78 is 7.16. The highest BCUT2D eigenvalue weighted by Gasteiger charge is 2.15. The van der Waals surface area contributed by atoms with E-state index < -0.39 is 0 Å². The molecule has 0 saturated carbocycles. The van der Waals surface area contributed by atoms with E-state index >= 15 is 0 Å². The SMILES string of the molecule is Cc1ccc2oc(C(=O)c3cnn(C)c3)cc2c1. The minimum absolute atomic E-state index is 0.142. The van der Waals surface area contributed by atoms with Crippen molar-refractivity contribution in [3.05, 3.63) is 53.5 Å². The molecule has 1 aromatic carbocycles. The van der Waals surface area contributed by atoms with Gasteiger partial charge in [0.1, 0.15) is 5.58 Å². The van der Waals surface area contributed by atoms with Gasteiger partial charge in [0.05, 0.1) is 11.8 Å². The van der Waals surface area contributed by atoms with Crippen LogP contribution in [0.1, 0.15) is 21.7 Å². The van der Waals surface area contributed by atoms with Crippen molar-refractivity contribution in [2.24, 2.45) is 7.05 Å². The molecule has 0 atom stereocenters. The molecule has 0 radical (unpaired) electrons. The molecule has 0 unspecified atom stereocenters. The van der Waals surface area contributed by atoms with Gasteiger partial charge in [-0.2, -0.15) is 5.10 Å². The molecule has 0 N–H and O–H groups in total. The summed E-state index contributed by atoms with van der Waals surface area (Å²) in [6, 6.07) is 7.62. The number of aryl methyl sites for hydroxylation is 2. The largest absolute Gasteiger partial charge is 0.453 e. The highest BCUT2D eigenvalue weighted by atomic mass is 16.3. The predicted octanol–water partition coefficient (Wildman–Crippen LogP) is 2.71. The average molecular weight is 240 g/mol. The number of benzene rings is 1. The van der Waals surface area contributed by atoms with Crippen molar-refractivity contribution >= 4 is 16.8 Å². The normalized spacial score (nSPS) is 11.0. The fraction of sp³-hybridized carbons (Fsp3) is 0.143. The zero-order valence-corrected chi connectivity index (χ0v) is 10.2. The van der Waals surface area contributed by atoms with Gasteiger partial charge in [0, 0.05) is 18.6 Å². The maximum atomic E-state index is 12.2. The van der Waals surface area contributed by atoms with Crippen molar-refractivity contribution in [3.8, 4) is 0 Å². The summed E-state index contributed by atoms with van der Waals surface area (Å²) in [6.45, 7) is 2.01. The van der Waals surface area contributed by atoms with Crippen LogP contribution in [0.25, 0.3) is 11.0 Å². The lowest BCUT2D eigenvalue weighted by molar-refractivity contribution is 0.101. The molecule has 0 spiro atoms. The van der Waals surface area contributed by atoms with Crippen LogP contribution in [0.15, 0.2) is 41.1 Å². The Bertz CT molecular complexity index is 737. The standard InChI is InChI=1S/C14H12N2O2/c1-9-3-4-12-10(5-9)6-13(18-12)14(17)11-7-15-16(2)8-11/h3-8H,1-2H3. The van der Waals surface area contributed by atoms with Crippen molar-refractivity contribution < 1.29 is 9.21 Å². The van der Waals surface area contributed by atoms with E-state index in [-0.39, 0.29) is 5.78 Å². The molecule has 0 amide bonds. The quantitative estimate of drug-likeness (QED) is 0.647. The van der Waals surface area contributed by atoms with Crippen molar-refractivity contribution in [1.29, 1.82) is 0 Å². The highest BCUT2D eigenvalue weighted by Crippen LogP contribution is 2.22. The molecule has 90 valence electrons. The summed E-state index contributed by atoms with van der Waals surface area (Å²) in [7, 11) is 1.78. The number of ketones is 1. The Labute approximate surface area is 104 Å². The third kappa shape index (κ3) is 1.72. The molecule has 18 heavy (non-hydrogen) atoms. The third-order valence-electron chi connectivity index (χ3n) is 2.86. The van der Waals surface area contributed by atoms with E-state index in [9.17, 15) is 4.79 Å². The van der Waals surface area contributed by atoms with E-state index in [1.54, 1.807) is 30.2 Å². The van der Waals surface area contributed by atoms with Crippen molar-refractivity contribution in [2.45, 2.75) is 6.92 Å². The van der Waals surface area contributed by atoms with Gasteiger partial charge in [-0.3, -0.25) is 9.48 Å². The monoisotopic (exact) mass is 240 g/mol. The number of hydrogen-bond acceptors (Lipinski definition) is 3. The number of furan rings is 1. The summed E-state index contributed by atoms with van der Waals surface area (Å²) in [6.07, 6.45) is 3.22. The van der Waals surface area contributed by atoms with Gasteiger partial charge in [-0.1, -0.05) is 11.6 Å². The van der Waals surface area contributed by atoms with Crippen LogP contribution in [0, 0.1) is 6.92 Å². The van der Waals surface area contributed by atoms with E-state index in [1.807, 2.05) is 25.1 Å². The number of fused-ring (bicyclic) bond motifs is 1. The van der Waals surface area contributed by atoms with Gasteiger partial charge >= 0.3 is 0 Å². The molecule has 2 aromatic heterocycles. The topological polar surface area (TPSA) is 48.0 Å². The van der Waals surface area contributed by atoms with Crippen LogP contribution >= 0.6 is 0 Å². The Morgan fingerprint density at radius 2 is 2.17 bits per heavy atom. The first-order valence-corrected chi connectivity index (χ1v) is 5.67. The van der Waals surface area contributed by atoms with Crippen LogP contribution < -0.4 is 0 Å². The Morgan fingerprint density at radius 3 is 2.89 bits per heavy atom. The molecule has 0 fully saturated rings. The molecule has 3 aromatic rings. The number of nitrogens with zero attached hydrogens (tertiary/aromatic N) is 2. The predicted molar refractivity (Wildman–Crippen MR) is 67.6 cm³/mol. The first-order chi connectivity index (χ1) is 8.63. The van der Waals surface area contributed by atoms with Crippen LogP contribution in [0.5, 0.6) is 0 Å². The van der Waals surface area contributed by atoms with Crippen molar-refractivity contribution in [3.63, 3.8) is 0 Å². The Kier molecular flexibility index (Phi) is 2.30. The molecule has 2 heterocycles. The second-order valence-corrected chi connectivity index (χ2v) is 4.38. The van der Waals surface area contributed by atoms with Gasteiger partial charge in [-0.15, -0.1) is 0 Å². The van der Waals surface area contributed by atoms with Crippen LogP contribution in [0.4, 0.5) is 0 Å². The number of aromatic nitrogens is 2. The maximum absolute atomic E-state index is 12.2. The highest BCUT2D eigenvalue weighted by molar-refractivity contribution is 6.08. The molecule has 0 saturated heterocycles. The first-order valence-electron chi connectivity index (χ1n) is 5.67. The molecule has 0 bridgehead atoms. The summed E-state index contributed by atoms with van der Waals surface area (Å²) in [5, 5.41) is 4.93. The minimum Gasteiger partial charge on any atom is -0.453 e. The van der Waals surface area contributed by atoms with Gasteiger partial charge < -0.3 is 4.42 Å². The second kappa shape index (κ2) is 3.84. The number of hydrogen-bond donors (Lipinski definition) is 0. The maximum Gasteiger partial charge on any atom is 0.231 e. The van der Waals surface area contributed by atoms with Crippen LogP contribution in [-0.4, -0.2) is 15.6 Å². The summed E-state index contributed by atoms with van der Waals surface area (Å²) in [5.41, 5.74) is 2.41. The van der Waals surface area contributed by atoms with Crippen LogP contribution in [-0.2, 0) is 7.05 Å². The van der Waals surface area contributed by atoms with Gasteiger partial charge in [0.2, 0.25) is 5.78 Å². The molecule has 4 heteroatoms. The van der Waals surface area contributed by atoms with E-state index in [0.29, 0.717) is 11.3 Å². The van der Waals surface area contributed by atoms with Gasteiger partial charge in [-0.05, 0) is 25.1 Å². The van der Waals surface area contributed by atoms with E-state index in [1.165, 1.54) is 0 Å². The van der Waals surface area contributed by atoms with Crippen molar-refractivity contribution in [1.82, 2.24) is 9.78 Å². The van der Waals surface area contributed by atoms with E-state index in [0.717, 1.165) is 16.5 Å². The lowest BCUT2D eigenvalue weighted by atomic mass is 10.1. The number of carbonyl (C=O) groups is 1. The molecule has 0 aliphatic rings. The zero-order chi connectivity index (χ0) is 12.7. The number of rotatable bonds is 2. The fourth-order valence-electron chi connectivity index (χ4n) is 1.96. The summed E-state index contributed by atoms with van der Waals surface area (Å²) in [4.78, 5) is 12.2. The zero-order valence-electron chi connectivity index (χ0n) is 10.2. The minimum atomic E-state index is -0.142. The molecule has 0 aliphatic heterocycles. The smallest absolute Gasteiger partial charge is 0.231 e. The molecular formula is C14H12N2O2. The Hall–Kier alpha value is -2.36. The van der Waals surface area contributed by atoms with Crippen LogP contribution in [0.3, 0.4) is 0 Å². The van der Waals surface area contributed by atoms with Gasteiger partial charge in [0.15, 0.2) is 5.76 Å². The van der Waals surface area contributed by atoms with E-state index in [4.69, 9.17) is 4.42 Å². The molecular weight excluding hydrogens is 228 g/mol. The Morgan fingerprint density at radius 1 is 1.33 bits per heavy atom. The van der Waals surface area contributed by atoms with Gasteiger partial charge in [0.25, 0.3) is 0 Å². The van der Waals surface area contributed by atoms with E-state index in [2.05, 4.69) is 5.10 Å². The average Bonchev–Trinajstić information content (AvgIpc) is 2.93. The third-order valence-corrected chi connectivity index (χ3v) is 2.86.